The van der Waals surface area contributed by atoms with Crippen LogP contribution in [0, 0.1) is 31.3 Å². The largest absolute Gasteiger partial charge is 0.507 e. The Bertz CT molecular complexity index is 855. The van der Waals surface area contributed by atoms with Crippen molar-refractivity contribution in [1.82, 2.24) is 0 Å². The number of halogens is 1. The van der Waals surface area contributed by atoms with Crippen molar-refractivity contribution in [3.8, 4) is 11.5 Å². The summed E-state index contributed by atoms with van der Waals surface area (Å²) in [4.78, 5) is 0. The van der Waals surface area contributed by atoms with Gasteiger partial charge in [-0.1, -0.05) is 36.4 Å². The second-order valence-corrected chi connectivity index (χ2v) is 8.24. The van der Waals surface area contributed by atoms with E-state index in [1.54, 1.807) is 0 Å². The molecule has 2 N–H and O–H groups in total. The van der Waals surface area contributed by atoms with Gasteiger partial charge < -0.3 is 10.2 Å². The van der Waals surface area contributed by atoms with E-state index < -0.39 is 0 Å². The van der Waals surface area contributed by atoms with Crippen LogP contribution < -0.4 is 0 Å². The molecule has 0 saturated heterocycles. The SMILES string of the molecule is Cc1cc(C(c2ccc(I)cc2)c2cc(C)c(O)c(C)c2)cc(C)c1O. The van der Waals surface area contributed by atoms with E-state index in [1.807, 2.05) is 27.7 Å². The van der Waals surface area contributed by atoms with E-state index in [1.165, 1.54) is 9.13 Å². The number of hydrogen-bond acceptors (Lipinski definition) is 2. The van der Waals surface area contributed by atoms with Crippen LogP contribution in [0.25, 0.3) is 0 Å². The first-order valence-electron chi connectivity index (χ1n) is 8.63. The second kappa shape index (κ2) is 7.31. The lowest BCUT2D eigenvalue weighted by Gasteiger charge is -2.22. The summed E-state index contributed by atoms with van der Waals surface area (Å²) in [7, 11) is 0. The number of aryl methyl sites for hydroxylation is 4. The fourth-order valence-electron chi connectivity index (χ4n) is 3.54. The standard InChI is InChI=1S/C23H23IO2/c1-13-9-18(10-14(2)22(13)25)21(17-5-7-20(24)8-6-17)19-11-15(3)23(26)16(4)12-19/h5-12,21,25-26H,1-4H3. The maximum absolute atomic E-state index is 10.2. The Morgan fingerprint density at radius 3 is 1.31 bits per heavy atom. The van der Waals surface area contributed by atoms with Crippen LogP contribution in [-0.2, 0) is 0 Å². The lowest BCUT2D eigenvalue weighted by atomic mass is 9.82. The van der Waals surface area contributed by atoms with Crippen LogP contribution in [0.15, 0.2) is 48.5 Å². The Morgan fingerprint density at radius 2 is 0.962 bits per heavy atom. The summed E-state index contributed by atoms with van der Waals surface area (Å²) in [6.45, 7) is 7.74. The van der Waals surface area contributed by atoms with Crippen LogP contribution in [-0.4, -0.2) is 10.2 Å². The highest BCUT2D eigenvalue weighted by Crippen LogP contribution is 2.38. The monoisotopic (exact) mass is 458 g/mol. The Labute approximate surface area is 168 Å². The Hall–Kier alpha value is -2.01. The molecule has 134 valence electrons. The van der Waals surface area contributed by atoms with Gasteiger partial charge in [-0.3, -0.25) is 0 Å². The summed E-state index contributed by atoms with van der Waals surface area (Å²) in [5, 5.41) is 20.4. The Kier molecular flexibility index (Phi) is 5.28. The smallest absolute Gasteiger partial charge is 0.121 e. The van der Waals surface area contributed by atoms with Gasteiger partial charge in [0.25, 0.3) is 0 Å². The van der Waals surface area contributed by atoms with E-state index in [0.29, 0.717) is 11.5 Å². The molecule has 0 fully saturated rings. The van der Waals surface area contributed by atoms with Crippen molar-refractivity contribution in [1.29, 1.82) is 0 Å². The molecule has 26 heavy (non-hydrogen) atoms. The van der Waals surface area contributed by atoms with E-state index in [2.05, 4.69) is 71.1 Å². The van der Waals surface area contributed by atoms with Crippen molar-refractivity contribution in [2.75, 3.05) is 0 Å². The molecule has 0 saturated carbocycles. The van der Waals surface area contributed by atoms with Crippen LogP contribution >= 0.6 is 22.6 Å². The number of phenolic OH excluding ortho intramolecular Hbond substituents is 2. The number of rotatable bonds is 3. The highest BCUT2D eigenvalue weighted by atomic mass is 127. The summed E-state index contributed by atoms with van der Waals surface area (Å²) < 4.78 is 1.20. The van der Waals surface area contributed by atoms with E-state index in [4.69, 9.17) is 0 Å². The molecule has 0 aliphatic heterocycles. The number of aromatic hydroxyl groups is 2. The summed E-state index contributed by atoms with van der Waals surface area (Å²) in [5.74, 6) is 0.754. The normalized spacial score (nSPS) is 11.2. The minimum absolute atomic E-state index is 0.0444. The topological polar surface area (TPSA) is 40.5 Å². The molecule has 2 nitrogen and oxygen atoms in total. The molecular weight excluding hydrogens is 435 g/mol. The van der Waals surface area contributed by atoms with Gasteiger partial charge in [0.1, 0.15) is 11.5 Å². The zero-order valence-corrected chi connectivity index (χ0v) is 17.6. The minimum Gasteiger partial charge on any atom is -0.507 e. The molecule has 3 aromatic carbocycles. The molecule has 3 aromatic rings. The molecular formula is C23H23IO2. The first-order chi connectivity index (χ1) is 12.3. The van der Waals surface area contributed by atoms with Crippen molar-refractivity contribution in [2.24, 2.45) is 0 Å². The third-order valence-corrected chi connectivity index (χ3v) is 5.62. The van der Waals surface area contributed by atoms with Crippen molar-refractivity contribution >= 4 is 22.6 Å². The molecule has 3 rings (SSSR count). The highest BCUT2D eigenvalue weighted by molar-refractivity contribution is 14.1. The predicted octanol–water partition coefficient (Wildman–Crippen LogP) is 6.12. The molecule has 0 amide bonds. The zero-order valence-electron chi connectivity index (χ0n) is 15.5. The lowest BCUT2D eigenvalue weighted by Crippen LogP contribution is -2.05. The first-order valence-corrected chi connectivity index (χ1v) is 9.71. The first kappa shape index (κ1) is 18.8. The fourth-order valence-corrected chi connectivity index (χ4v) is 3.90. The van der Waals surface area contributed by atoms with Gasteiger partial charge in [-0.25, -0.2) is 0 Å². The third-order valence-electron chi connectivity index (χ3n) is 4.90. The summed E-state index contributed by atoms with van der Waals surface area (Å²) in [5.41, 5.74) is 6.99. The summed E-state index contributed by atoms with van der Waals surface area (Å²) >= 11 is 2.31. The molecule has 0 radical (unpaired) electrons. The average Bonchev–Trinajstić information content (AvgIpc) is 2.59. The molecule has 3 heteroatoms. The summed E-state index contributed by atoms with van der Waals surface area (Å²) in [6, 6.07) is 16.8. The molecule has 0 aromatic heterocycles. The van der Waals surface area contributed by atoms with Crippen molar-refractivity contribution in [3.63, 3.8) is 0 Å². The molecule has 0 heterocycles. The van der Waals surface area contributed by atoms with Crippen LogP contribution in [0.5, 0.6) is 11.5 Å². The van der Waals surface area contributed by atoms with E-state index >= 15 is 0 Å². The van der Waals surface area contributed by atoms with Gasteiger partial charge in [0, 0.05) is 9.49 Å². The van der Waals surface area contributed by atoms with Gasteiger partial charge >= 0.3 is 0 Å². The van der Waals surface area contributed by atoms with Gasteiger partial charge in [-0.2, -0.15) is 0 Å². The highest BCUT2D eigenvalue weighted by Gasteiger charge is 2.20. The lowest BCUT2D eigenvalue weighted by molar-refractivity contribution is 0.466. The number of benzene rings is 3. The fraction of sp³-hybridized carbons (Fsp3) is 0.217. The maximum atomic E-state index is 10.2. The quantitative estimate of drug-likeness (QED) is 0.367. The second-order valence-electron chi connectivity index (χ2n) is 6.99. The predicted molar refractivity (Wildman–Crippen MR) is 115 cm³/mol. The number of phenols is 2. The third kappa shape index (κ3) is 3.58. The van der Waals surface area contributed by atoms with Crippen molar-refractivity contribution < 1.29 is 10.2 Å². The van der Waals surface area contributed by atoms with E-state index in [0.717, 1.165) is 33.4 Å². The molecule has 0 spiro atoms. The minimum atomic E-state index is 0.0444. The van der Waals surface area contributed by atoms with Crippen molar-refractivity contribution in [3.05, 3.63) is 91.0 Å². The molecule has 0 aliphatic rings. The van der Waals surface area contributed by atoms with Crippen LogP contribution in [0.1, 0.15) is 44.9 Å². The maximum Gasteiger partial charge on any atom is 0.121 e. The van der Waals surface area contributed by atoms with Gasteiger partial charge in [-0.05, 0) is 101 Å². The van der Waals surface area contributed by atoms with Crippen LogP contribution in [0.2, 0.25) is 0 Å². The number of hydrogen-bond donors (Lipinski definition) is 2. The van der Waals surface area contributed by atoms with Gasteiger partial charge in [0.05, 0.1) is 0 Å². The Balaban J connectivity index is 2.25. The molecule has 0 unspecified atom stereocenters. The Morgan fingerprint density at radius 1 is 0.615 bits per heavy atom. The van der Waals surface area contributed by atoms with Crippen molar-refractivity contribution in [2.45, 2.75) is 33.6 Å². The average molecular weight is 458 g/mol. The molecule has 0 atom stereocenters. The molecule has 0 bridgehead atoms. The molecule has 0 aliphatic carbocycles. The van der Waals surface area contributed by atoms with Gasteiger partial charge in [-0.15, -0.1) is 0 Å². The van der Waals surface area contributed by atoms with E-state index in [9.17, 15) is 10.2 Å². The van der Waals surface area contributed by atoms with Gasteiger partial charge in [0.2, 0.25) is 0 Å². The van der Waals surface area contributed by atoms with E-state index in [-0.39, 0.29) is 5.92 Å². The van der Waals surface area contributed by atoms with Crippen LogP contribution in [0.3, 0.4) is 0 Å². The zero-order chi connectivity index (χ0) is 19.0. The van der Waals surface area contributed by atoms with Crippen LogP contribution in [0.4, 0.5) is 0 Å². The summed E-state index contributed by atoms with van der Waals surface area (Å²) in [6.07, 6.45) is 0. The van der Waals surface area contributed by atoms with Gasteiger partial charge in [0.15, 0.2) is 0 Å².